The SMILES string of the molecule is COc1c(Cl)cc(/C(O)=C2\C(=O)C(=O)N(c3ccccc3)C2c2ccc(OC(C)C)cc2)c(OC)c1Cl. The molecular formula is C28H25Cl2NO6. The number of carbonyl (C=O) groups excluding carboxylic acids is 2. The maximum atomic E-state index is 13.4. The van der Waals surface area contributed by atoms with Crippen LogP contribution in [-0.2, 0) is 9.59 Å². The Morgan fingerprint density at radius 1 is 0.946 bits per heavy atom. The molecule has 0 saturated carbocycles. The van der Waals surface area contributed by atoms with Gasteiger partial charge in [0.1, 0.15) is 16.5 Å². The third kappa shape index (κ3) is 4.84. The first-order chi connectivity index (χ1) is 17.7. The van der Waals surface area contributed by atoms with E-state index in [-0.39, 0.29) is 38.8 Å². The highest BCUT2D eigenvalue weighted by atomic mass is 35.5. The van der Waals surface area contributed by atoms with Crippen LogP contribution in [0.25, 0.3) is 5.76 Å². The van der Waals surface area contributed by atoms with Gasteiger partial charge in [0.15, 0.2) is 11.5 Å². The number of anilines is 1. The quantitative estimate of drug-likeness (QED) is 0.211. The number of carbonyl (C=O) groups is 2. The van der Waals surface area contributed by atoms with E-state index in [0.717, 1.165) is 0 Å². The number of aliphatic hydroxyl groups is 1. The highest BCUT2D eigenvalue weighted by Crippen LogP contribution is 2.48. The number of rotatable bonds is 7. The van der Waals surface area contributed by atoms with Gasteiger partial charge in [-0.25, -0.2) is 0 Å². The summed E-state index contributed by atoms with van der Waals surface area (Å²) < 4.78 is 16.4. The lowest BCUT2D eigenvalue weighted by Crippen LogP contribution is -2.29. The van der Waals surface area contributed by atoms with Gasteiger partial charge < -0.3 is 19.3 Å². The minimum absolute atomic E-state index is 0.0167. The Kier molecular flexibility index (Phi) is 7.66. The number of methoxy groups -OCH3 is 2. The van der Waals surface area contributed by atoms with Gasteiger partial charge in [-0.15, -0.1) is 0 Å². The fourth-order valence-electron chi connectivity index (χ4n) is 4.30. The topological polar surface area (TPSA) is 85.3 Å². The molecule has 7 nitrogen and oxygen atoms in total. The van der Waals surface area contributed by atoms with E-state index in [1.807, 2.05) is 13.8 Å². The summed E-state index contributed by atoms with van der Waals surface area (Å²) in [6.45, 7) is 3.83. The smallest absolute Gasteiger partial charge is 0.300 e. The molecule has 37 heavy (non-hydrogen) atoms. The first-order valence-electron chi connectivity index (χ1n) is 11.4. The van der Waals surface area contributed by atoms with Crippen LogP contribution < -0.4 is 19.1 Å². The zero-order valence-electron chi connectivity index (χ0n) is 20.6. The fourth-order valence-corrected chi connectivity index (χ4v) is 4.98. The molecule has 1 N–H and O–H groups in total. The first-order valence-corrected chi connectivity index (χ1v) is 12.2. The molecule has 1 fully saturated rings. The van der Waals surface area contributed by atoms with Crippen molar-refractivity contribution in [3.8, 4) is 17.2 Å². The van der Waals surface area contributed by atoms with Gasteiger partial charge in [-0.1, -0.05) is 53.5 Å². The Morgan fingerprint density at radius 3 is 2.14 bits per heavy atom. The molecule has 4 rings (SSSR count). The molecule has 0 bridgehead atoms. The molecule has 1 unspecified atom stereocenters. The monoisotopic (exact) mass is 541 g/mol. The molecule has 192 valence electrons. The number of para-hydroxylation sites is 1. The summed E-state index contributed by atoms with van der Waals surface area (Å²) in [6, 6.07) is 16.2. The van der Waals surface area contributed by atoms with Crippen molar-refractivity contribution in [1.29, 1.82) is 0 Å². The van der Waals surface area contributed by atoms with Crippen molar-refractivity contribution in [2.75, 3.05) is 19.1 Å². The van der Waals surface area contributed by atoms with E-state index >= 15 is 0 Å². The van der Waals surface area contributed by atoms with Crippen molar-refractivity contribution in [3.05, 3.63) is 87.4 Å². The number of amides is 1. The highest BCUT2D eigenvalue weighted by molar-refractivity contribution is 6.52. The number of Topliss-reactive ketones (excluding diaryl/α,β-unsaturated/α-hetero) is 1. The van der Waals surface area contributed by atoms with E-state index in [2.05, 4.69) is 0 Å². The molecule has 1 aliphatic heterocycles. The summed E-state index contributed by atoms with van der Waals surface area (Å²) in [5, 5.41) is 11.6. The van der Waals surface area contributed by atoms with Crippen molar-refractivity contribution in [3.63, 3.8) is 0 Å². The number of aliphatic hydroxyl groups excluding tert-OH is 1. The van der Waals surface area contributed by atoms with E-state index < -0.39 is 23.5 Å². The predicted molar refractivity (Wildman–Crippen MR) is 143 cm³/mol. The molecule has 0 aliphatic carbocycles. The zero-order valence-corrected chi connectivity index (χ0v) is 22.1. The van der Waals surface area contributed by atoms with Crippen molar-refractivity contribution in [1.82, 2.24) is 0 Å². The second-order valence-electron chi connectivity index (χ2n) is 8.53. The number of ketones is 1. The number of hydrogen-bond donors (Lipinski definition) is 1. The van der Waals surface area contributed by atoms with Gasteiger partial charge in [-0.2, -0.15) is 0 Å². The Hall–Kier alpha value is -3.68. The summed E-state index contributed by atoms with van der Waals surface area (Å²) in [5.41, 5.74) is 0.996. The van der Waals surface area contributed by atoms with Crippen LogP contribution in [0.1, 0.15) is 31.0 Å². The molecule has 0 spiro atoms. The van der Waals surface area contributed by atoms with Gasteiger partial charge in [-0.05, 0) is 49.7 Å². The van der Waals surface area contributed by atoms with Crippen LogP contribution in [0.2, 0.25) is 10.0 Å². The van der Waals surface area contributed by atoms with Crippen molar-refractivity contribution >= 4 is 46.3 Å². The van der Waals surface area contributed by atoms with Gasteiger partial charge in [0.05, 0.1) is 42.5 Å². The minimum Gasteiger partial charge on any atom is -0.507 e. The molecule has 0 aromatic heterocycles. The Labute approximate surface area is 224 Å². The molecule has 9 heteroatoms. The zero-order chi connectivity index (χ0) is 26.9. The van der Waals surface area contributed by atoms with Crippen LogP contribution in [0.4, 0.5) is 5.69 Å². The summed E-state index contributed by atoms with van der Waals surface area (Å²) in [6.07, 6.45) is -0.0298. The van der Waals surface area contributed by atoms with Crippen LogP contribution >= 0.6 is 23.2 Å². The fraction of sp³-hybridized carbons (Fsp3) is 0.214. The Morgan fingerprint density at radius 2 is 1.57 bits per heavy atom. The standard InChI is InChI=1S/C28H25Cl2NO6/c1-15(2)37-18-12-10-16(11-13-18)23-21(25(33)28(34)31(23)17-8-6-5-7-9-17)24(32)19-14-20(29)27(36-4)22(30)26(19)35-3/h5-15,23,32H,1-4H3/b24-21+. The summed E-state index contributed by atoms with van der Waals surface area (Å²) in [5.74, 6) is -1.30. The van der Waals surface area contributed by atoms with E-state index in [0.29, 0.717) is 17.0 Å². The lowest BCUT2D eigenvalue weighted by atomic mass is 9.94. The molecule has 3 aromatic rings. The second-order valence-corrected chi connectivity index (χ2v) is 9.31. The van der Waals surface area contributed by atoms with E-state index in [4.69, 9.17) is 37.4 Å². The summed E-state index contributed by atoms with van der Waals surface area (Å²) in [4.78, 5) is 28.1. The van der Waals surface area contributed by atoms with Crippen LogP contribution in [0.3, 0.4) is 0 Å². The van der Waals surface area contributed by atoms with Gasteiger partial charge in [-0.3, -0.25) is 14.5 Å². The third-order valence-electron chi connectivity index (χ3n) is 5.84. The number of halogens is 2. The lowest BCUT2D eigenvalue weighted by Gasteiger charge is -2.26. The lowest BCUT2D eigenvalue weighted by molar-refractivity contribution is -0.132. The Balaban J connectivity index is 1.96. The van der Waals surface area contributed by atoms with Gasteiger partial charge in [0.2, 0.25) is 0 Å². The predicted octanol–water partition coefficient (Wildman–Crippen LogP) is 6.42. The number of nitrogens with zero attached hydrogens (tertiary/aromatic N) is 1. The van der Waals surface area contributed by atoms with Gasteiger partial charge >= 0.3 is 0 Å². The van der Waals surface area contributed by atoms with Crippen molar-refractivity contribution in [2.24, 2.45) is 0 Å². The molecule has 1 heterocycles. The summed E-state index contributed by atoms with van der Waals surface area (Å²) in [7, 11) is 2.75. The average molecular weight is 542 g/mol. The molecule has 0 radical (unpaired) electrons. The largest absolute Gasteiger partial charge is 0.507 e. The Bertz CT molecular complexity index is 1370. The second kappa shape index (κ2) is 10.7. The van der Waals surface area contributed by atoms with Crippen LogP contribution in [-0.4, -0.2) is 37.1 Å². The van der Waals surface area contributed by atoms with E-state index in [1.165, 1.54) is 25.2 Å². The molecule has 1 saturated heterocycles. The van der Waals surface area contributed by atoms with Crippen LogP contribution in [0.5, 0.6) is 17.2 Å². The average Bonchev–Trinajstić information content (AvgIpc) is 3.14. The molecule has 1 amide bonds. The molecule has 1 atom stereocenters. The number of benzene rings is 3. The normalized spacial score (nSPS) is 16.8. The molecule has 1 aliphatic rings. The van der Waals surface area contributed by atoms with Crippen LogP contribution in [0.15, 0.2) is 66.2 Å². The summed E-state index contributed by atoms with van der Waals surface area (Å²) >= 11 is 12.8. The molecular weight excluding hydrogens is 517 g/mol. The number of hydrogen-bond acceptors (Lipinski definition) is 6. The van der Waals surface area contributed by atoms with Crippen molar-refractivity contribution in [2.45, 2.75) is 26.0 Å². The van der Waals surface area contributed by atoms with E-state index in [9.17, 15) is 14.7 Å². The van der Waals surface area contributed by atoms with E-state index in [1.54, 1.807) is 54.6 Å². The maximum Gasteiger partial charge on any atom is 0.300 e. The molecule has 3 aromatic carbocycles. The van der Waals surface area contributed by atoms with Gasteiger partial charge in [0.25, 0.3) is 11.7 Å². The van der Waals surface area contributed by atoms with Gasteiger partial charge in [0, 0.05) is 5.69 Å². The maximum absolute atomic E-state index is 13.4. The first kappa shape index (κ1) is 26.4. The highest BCUT2D eigenvalue weighted by Gasteiger charge is 2.47. The van der Waals surface area contributed by atoms with Crippen molar-refractivity contribution < 1.29 is 28.9 Å². The number of ether oxygens (including phenoxy) is 3. The minimum atomic E-state index is -0.945. The van der Waals surface area contributed by atoms with Crippen LogP contribution in [0, 0.1) is 0 Å². The third-order valence-corrected chi connectivity index (χ3v) is 6.47.